The van der Waals surface area contributed by atoms with E-state index in [0.717, 1.165) is 16.5 Å². The molecule has 0 saturated heterocycles. The van der Waals surface area contributed by atoms with Crippen LogP contribution in [0.15, 0.2) is 30.5 Å². The monoisotopic (exact) mass is 246 g/mol. The summed E-state index contributed by atoms with van der Waals surface area (Å²) in [6, 6.07) is 7.75. The van der Waals surface area contributed by atoms with Gasteiger partial charge in [-0.3, -0.25) is 9.69 Å². The van der Waals surface area contributed by atoms with Gasteiger partial charge in [-0.25, -0.2) is 0 Å². The van der Waals surface area contributed by atoms with E-state index in [1.807, 2.05) is 43.3 Å². The Balaban J connectivity index is 2.14. The number of aromatic amines is 1. The van der Waals surface area contributed by atoms with E-state index < -0.39 is 12.0 Å². The summed E-state index contributed by atoms with van der Waals surface area (Å²) in [6.07, 6.45) is 2.52. The Bertz CT molecular complexity index is 547. The van der Waals surface area contributed by atoms with Crippen molar-refractivity contribution in [3.05, 3.63) is 36.0 Å². The van der Waals surface area contributed by atoms with E-state index in [4.69, 9.17) is 5.11 Å². The fourth-order valence-corrected chi connectivity index (χ4v) is 2.27. The number of nitrogens with one attached hydrogen (secondary N) is 1. The van der Waals surface area contributed by atoms with E-state index in [1.54, 1.807) is 0 Å². The second kappa shape index (κ2) is 5.23. The second-order valence-corrected chi connectivity index (χ2v) is 4.58. The van der Waals surface area contributed by atoms with Crippen molar-refractivity contribution in [2.24, 2.45) is 0 Å². The van der Waals surface area contributed by atoms with Crippen LogP contribution < -0.4 is 0 Å². The van der Waals surface area contributed by atoms with Crippen molar-refractivity contribution in [1.82, 2.24) is 9.88 Å². The molecule has 2 rings (SSSR count). The van der Waals surface area contributed by atoms with E-state index >= 15 is 0 Å². The number of aliphatic carboxylic acids is 1. The van der Waals surface area contributed by atoms with Crippen molar-refractivity contribution in [2.45, 2.75) is 25.9 Å². The number of carbonyl (C=O) groups is 1. The number of fused-ring (bicyclic) bond motifs is 1. The van der Waals surface area contributed by atoms with Crippen molar-refractivity contribution < 1.29 is 9.90 Å². The molecule has 0 spiro atoms. The van der Waals surface area contributed by atoms with Crippen LogP contribution in [0.3, 0.4) is 0 Å². The first-order valence-corrected chi connectivity index (χ1v) is 6.11. The first-order valence-electron chi connectivity index (χ1n) is 6.11. The maximum atomic E-state index is 11.1. The molecule has 1 atom stereocenters. The van der Waals surface area contributed by atoms with Crippen molar-refractivity contribution in [3.63, 3.8) is 0 Å². The fourth-order valence-electron chi connectivity index (χ4n) is 2.27. The lowest BCUT2D eigenvalue weighted by Gasteiger charge is -2.23. The van der Waals surface area contributed by atoms with Crippen LogP contribution in [-0.4, -0.2) is 34.0 Å². The normalized spacial score (nSPS) is 13.1. The zero-order valence-corrected chi connectivity index (χ0v) is 10.7. The van der Waals surface area contributed by atoms with Gasteiger partial charge in [-0.1, -0.05) is 13.0 Å². The number of hydrogen-bond acceptors (Lipinski definition) is 2. The van der Waals surface area contributed by atoms with Gasteiger partial charge in [-0.05, 0) is 42.6 Å². The Kier molecular flexibility index (Phi) is 3.67. The summed E-state index contributed by atoms with van der Waals surface area (Å²) < 4.78 is 0. The summed E-state index contributed by atoms with van der Waals surface area (Å²) >= 11 is 0. The van der Waals surface area contributed by atoms with Crippen LogP contribution in [0.2, 0.25) is 0 Å². The molecule has 0 aliphatic carbocycles. The summed E-state index contributed by atoms with van der Waals surface area (Å²) in [5.74, 6) is -0.761. The van der Waals surface area contributed by atoms with Gasteiger partial charge in [0.15, 0.2) is 0 Å². The van der Waals surface area contributed by atoms with Crippen LogP contribution in [-0.2, 0) is 11.3 Å². The standard InChI is InChI=1S/C14H18N2O2/c1-3-13(14(17)18)16(2)9-10-4-5-12-11(8-10)6-7-15-12/h4-8,13,15H,3,9H2,1-2H3,(H,17,18)/t13-/m1/s1. The molecule has 0 bridgehead atoms. The molecule has 18 heavy (non-hydrogen) atoms. The van der Waals surface area contributed by atoms with Crippen molar-refractivity contribution in [1.29, 1.82) is 0 Å². The first kappa shape index (κ1) is 12.6. The molecule has 4 heteroatoms. The highest BCUT2D eigenvalue weighted by Gasteiger charge is 2.20. The summed E-state index contributed by atoms with van der Waals surface area (Å²) in [5.41, 5.74) is 2.23. The number of rotatable bonds is 5. The third kappa shape index (κ3) is 2.54. The quantitative estimate of drug-likeness (QED) is 0.852. The van der Waals surface area contributed by atoms with E-state index in [-0.39, 0.29) is 0 Å². The minimum atomic E-state index is -0.761. The number of aromatic nitrogens is 1. The molecule has 0 fully saturated rings. The molecule has 0 saturated carbocycles. The fraction of sp³-hybridized carbons (Fsp3) is 0.357. The van der Waals surface area contributed by atoms with E-state index in [0.29, 0.717) is 13.0 Å². The molecule has 1 heterocycles. The van der Waals surface area contributed by atoms with Crippen LogP contribution in [0.4, 0.5) is 0 Å². The summed E-state index contributed by atoms with van der Waals surface area (Å²) in [7, 11) is 1.85. The summed E-state index contributed by atoms with van der Waals surface area (Å²) in [6.45, 7) is 2.54. The molecule has 1 aromatic heterocycles. The van der Waals surface area contributed by atoms with Gasteiger partial charge in [0.2, 0.25) is 0 Å². The molecule has 2 N–H and O–H groups in total. The highest BCUT2D eigenvalue weighted by molar-refractivity contribution is 5.80. The number of carboxylic acids is 1. The lowest BCUT2D eigenvalue weighted by molar-refractivity contribution is -0.143. The first-order chi connectivity index (χ1) is 8.61. The molecular weight excluding hydrogens is 228 g/mol. The van der Waals surface area contributed by atoms with Gasteiger partial charge >= 0.3 is 5.97 Å². The van der Waals surface area contributed by atoms with Crippen LogP contribution in [0.25, 0.3) is 10.9 Å². The predicted octanol–water partition coefficient (Wildman–Crippen LogP) is 2.46. The van der Waals surface area contributed by atoms with E-state index in [1.165, 1.54) is 0 Å². The largest absolute Gasteiger partial charge is 0.480 e. The minimum Gasteiger partial charge on any atom is -0.480 e. The van der Waals surface area contributed by atoms with Gasteiger partial charge in [0.25, 0.3) is 0 Å². The average Bonchev–Trinajstić information content (AvgIpc) is 2.76. The van der Waals surface area contributed by atoms with Gasteiger partial charge in [-0.15, -0.1) is 0 Å². The maximum Gasteiger partial charge on any atom is 0.320 e. The number of nitrogens with zero attached hydrogens (tertiary/aromatic N) is 1. The van der Waals surface area contributed by atoms with Gasteiger partial charge in [0, 0.05) is 18.3 Å². The zero-order chi connectivity index (χ0) is 13.1. The van der Waals surface area contributed by atoms with Crippen molar-refractivity contribution >= 4 is 16.9 Å². The van der Waals surface area contributed by atoms with Crippen molar-refractivity contribution in [3.8, 4) is 0 Å². The van der Waals surface area contributed by atoms with Crippen LogP contribution in [0.1, 0.15) is 18.9 Å². The lowest BCUT2D eigenvalue weighted by Crippen LogP contribution is -2.37. The molecule has 0 radical (unpaired) electrons. The molecule has 0 unspecified atom stereocenters. The Morgan fingerprint density at radius 2 is 2.22 bits per heavy atom. The molecule has 0 aliphatic heterocycles. The Morgan fingerprint density at radius 3 is 2.89 bits per heavy atom. The molecule has 1 aromatic carbocycles. The summed E-state index contributed by atoms with van der Waals surface area (Å²) in [5, 5.41) is 10.3. The van der Waals surface area contributed by atoms with Gasteiger partial charge in [-0.2, -0.15) is 0 Å². The van der Waals surface area contributed by atoms with Gasteiger partial charge < -0.3 is 10.1 Å². The van der Waals surface area contributed by atoms with Crippen molar-refractivity contribution in [2.75, 3.05) is 7.05 Å². The summed E-state index contributed by atoms with van der Waals surface area (Å²) in [4.78, 5) is 16.1. The van der Waals surface area contributed by atoms with E-state index in [2.05, 4.69) is 11.1 Å². The predicted molar refractivity (Wildman–Crippen MR) is 71.5 cm³/mol. The third-order valence-corrected chi connectivity index (χ3v) is 3.25. The minimum absolute atomic E-state index is 0.424. The topological polar surface area (TPSA) is 56.3 Å². The van der Waals surface area contributed by atoms with Gasteiger partial charge in [0.05, 0.1) is 0 Å². The van der Waals surface area contributed by atoms with Crippen LogP contribution >= 0.6 is 0 Å². The molecule has 0 aliphatic rings. The number of benzene rings is 1. The third-order valence-electron chi connectivity index (χ3n) is 3.25. The average molecular weight is 246 g/mol. The highest BCUT2D eigenvalue weighted by atomic mass is 16.4. The van der Waals surface area contributed by atoms with Gasteiger partial charge in [0.1, 0.15) is 6.04 Å². The Labute approximate surface area is 106 Å². The number of carboxylic acid groups (broad SMARTS) is 1. The molecule has 0 amide bonds. The number of likely N-dealkylation sites (N-methyl/N-ethyl adjacent to an activating group) is 1. The molecule has 2 aromatic rings. The highest BCUT2D eigenvalue weighted by Crippen LogP contribution is 2.16. The lowest BCUT2D eigenvalue weighted by atomic mass is 10.1. The zero-order valence-electron chi connectivity index (χ0n) is 10.7. The van der Waals surface area contributed by atoms with E-state index in [9.17, 15) is 4.79 Å². The Morgan fingerprint density at radius 1 is 1.44 bits per heavy atom. The second-order valence-electron chi connectivity index (χ2n) is 4.58. The SMILES string of the molecule is CC[C@H](C(=O)O)N(C)Cc1ccc2[nH]ccc2c1. The van der Waals surface area contributed by atoms with Crippen LogP contribution in [0, 0.1) is 0 Å². The van der Waals surface area contributed by atoms with Crippen LogP contribution in [0.5, 0.6) is 0 Å². The smallest absolute Gasteiger partial charge is 0.320 e. The molecular formula is C14H18N2O2. The maximum absolute atomic E-state index is 11.1. The molecule has 4 nitrogen and oxygen atoms in total. The Hall–Kier alpha value is -1.81. The number of H-pyrrole nitrogens is 1. The molecule has 96 valence electrons. The number of hydrogen-bond donors (Lipinski definition) is 2.